The number of hydrogen-bond acceptors (Lipinski definition) is 2. The van der Waals surface area contributed by atoms with Crippen LogP contribution in [0, 0.1) is 0 Å². The molecule has 0 saturated carbocycles. The van der Waals surface area contributed by atoms with Crippen molar-refractivity contribution in [1.82, 2.24) is 4.98 Å². The minimum Gasteiger partial charge on any atom is -0.451 e. The fourth-order valence-electron chi connectivity index (χ4n) is 1.04. The van der Waals surface area contributed by atoms with Gasteiger partial charge in [-0.1, -0.05) is 23.2 Å². The average molecular weight is 214 g/mol. The number of oxazole rings is 1. The fourth-order valence-corrected chi connectivity index (χ4v) is 1.43. The first-order chi connectivity index (χ1) is 6.27. The van der Waals surface area contributed by atoms with Crippen molar-refractivity contribution in [3.05, 3.63) is 40.9 Å². The molecule has 0 N–H and O–H groups in total. The number of rotatable bonds is 1. The standard InChI is InChI=1S/C9H5Cl2NO/c10-6-1-2-8(11)7(3-6)9-4-13-5-12-9/h1-5H. The zero-order valence-corrected chi connectivity index (χ0v) is 8.01. The second-order valence-corrected chi connectivity index (χ2v) is 3.34. The lowest BCUT2D eigenvalue weighted by Gasteiger charge is -1.99. The van der Waals surface area contributed by atoms with Crippen molar-refractivity contribution >= 4 is 23.2 Å². The molecule has 2 aromatic rings. The predicted octanol–water partition coefficient (Wildman–Crippen LogP) is 3.65. The maximum Gasteiger partial charge on any atom is 0.181 e. The van der Waals surface area contributed by atoms with Gasteiger partial charge >= 0.3 is 0 Å². The molecule has 13 heavy (non-hydrogen) atoms. The molecule has 66 valence electrons. The summed E-state index contributed by atoms with van der Waals surface area (Å²) in [6, 6.07) is 5.21. The van der Waals surface area contributed by atoms with Gasteiger partial charge in [-0.2, -0.15) is 0 Å². The Morgan fingerprint density at radius 2 is 2.08 bits per heavy atom. The van der Waals surface area contributed by atoms with Crippen LogP contribution < -0.4 is 0 Å². The van der Waals surface area contributed by atoms with Crippen LogP contribution >= 0.6 is 23.2 Å². The van der Waals surface area contributed by atoms with Gasteiger partial charge in [0.1, 0.15) is 12.0 Å². The summed E-state index contributed by atoms with van der Waals surface area (Å²) in [6.07, 6.45) is 2.88. The number of benzene rings is 1. The second-order valence-electron chi connectivity index (χ2n) is 2.50. The van der Waals surface area contributed by atoms with Crippen molar-refractivity contribution in [3.8, 4) is 11.3 Å². The first-order valence-electron chi connectivity index (χ1n) is 3.61. The summed E-state index contributed by atoms with van der Waals surface area (Å²) in [7, 11) is 0. The molecule has 1 aromatic heterocycles. The van der Waals surface area contributed by atoms with Crippen molar-refractivity contribution in [2.24, 2.45) is 0 Å². The Morgan fingerprint density at radius 3 is 2.77 bits per heavy atom. The van der Waals surface area contributed by atoms with Crippen molar-refractivity contribution in [1.29, 1.82) is 0 Å². The molecule has 4 heteroatoms. The summed E-state index contributed by atoms with van der Waals surface area (Å²) in [5.74, 6) is 0. The summed E-state index contributed by atoms with van der Waals surface area (Å²) >= 11 is 11.8. The van der Waals surface area contributed by atoms with Gasteiger partial charge in [0.15, 0.2) is 6.39 Å². The van der Waals surface area contributed by atoms with E-state index in [0.29, 0.717) is 15.7 Å². The van der Waals surface area contributed by atoms with E-state index in [0.717, 1.165) is 5.56 Å². The Bertz CT molecular complexity index is 412. The molecule has 0 unspecified atom stereocenters. The van der Waals surface area contributed by atoms with Gasteiger partial charge in [0.05, 0.1) is 5.02 Å². The van der Waals surface area contributed by atoms with Crippen LogP contribution in [0.3, 0.4) is 0 Å². The Labute approximate surface area is 85.1 Å². The van der Waals surface area contributed by atoms with Crippen LogP contribution in [0.15, 0.2) is 35.3 Å². The highest BCUT2D eigenvalue weighted by molar-refractivity contribution is 6.35. The largest absolute Gasteiger partial charge is 0.451 e. The van der Waals surface area contributed by atoms with Gasteiger partial charge in [0.2, 0.25) is 0 Å². The minimum absolute atomic E-state index is 0.610. The molecule has 1 aromatic carbocycles. The van der Waals surface area contributed by atoms with Crippen molar-refractivity contribution < 1.29 is 4.42 Å². The maximum absolute atomic E-state index is 5.95. The van der Waals surface area contributed by atoms with Gasteiger partial charge in [-0.3, -0.25) is 0 Å². The Balaban J connectivity index is 2.57. The third kappa shape index (κ3) is 1.69. The van der Waals surface area contributed by atoms with Crippen LogP contribution in [0.4, 0.5) is 0 Å². The van der Waals surface area contributed by atoms with Crippen LogP contribution in [-0.2, 0) is 0 Å². The summed E-state index contributed by atoms with van der Waals surface area (Å²) in [6.45, 7) is 0. The smallest absolute Gasteiger partial charge is 0.181 e. The average Bonchev–Trinajstić information content (AvgIpc) is 2.61. The van der Waals surface area contributed by atoms with Gasteiger partial charge in [-0.25, -0.2) is 4.98 Å². The SMILES string of the molecule is Clc1ccc(Cl)c(-c2cocn2)c1. The lowest BCUT2D eigenvalue weighted by molar-refractivity contribution is 0.558. The van der Waals surface area contributed by atoms with Crippen LogP contribution in [0.2, 0.25) is 10.0 Å². The fraction of sp³-hybridized carbons (Fsp3) is 0. The Hall–Kier alpha value is -0.990. The van der Waals surface area contributed by atoms with Gasteiger partial charge in [0.25, 0.3) is 0 Å². The summed E-state index contributed by atoms with van der Waals surface area (Å²) in [5.41, 5.74) is 1.47. The van der Waals surface area contributed by atoms with E-state index in [2.05, 4.69) is 4.98 Å². The highest BCUT2D eigenvalue weighted by atomic mass is 35.5. The topological polar surface area (TPSA) is 26.0 Å². The first kappa shape index (κ1) is 8.60. The summed E-state index contributed by atoms with van der Waals surface area (Å²) in [4.78, 5) is 3.98. The van der Waals surface area contributed by atoms with Crippen LogP contribution in [0.25, 0.3) is 11.3 Å². The van der Waals surface area contributed by atoms with Crippen molar-refractivity contribution in [2.45, 2.75) is 0 Å². The molecular formula is C9H5Cl2NO. The van der Waals surface area contributed by atoms with Crippen LogP contribution in [-0.4, -0.2) is 4.98 Å². The normalized spacial score (nSPS) is 10.3. The molecule has 1 heterocycles. The monoisotopic (exact) mass is 213 g/mol. The Kier molecular flexibility index (Phi) is 2.25. The van der Waals surface area contributed by atoms with Crippen LogP contribution in [0.1, 0.15) is 0 Å². The van der Waals surface area contributed by atoms with Crippen molar-refractivity contribution in [3.63, 3.8) is 0 Å². The second kappa shape index (κ2) is 3.40. The molecule has 0 aliphatic carbocycles. The number of nitrogens with zero attached hydrogens (tertiary/aromatic N) is 1. The van der Waals surface area contributed by atoms with Crippen molar-refractivity contribution in [2.75, 3.05) is 0 Å². The predicted molar refractivity (Wildman–Crippen MR) is 52.0 cm³/mol. The van der Waals surface area contributed by atoms with Gasteiger partial charge < -0.3 is 4.42 Å². The molecule has 0 aliphatic heterocycles. The molecule has 0 amide bonds. The first-order valence-corrected chi connectivity index (χ1v) is 4.36. The molecule has 0 fully saturated rings. The Morgan fingerprint density at radius 1 is 1.23 bits per heavy atom. The zero-order chi connectivity index (χ0) is 9.26. The van der Waals surface area contributed by atoms with E-state index in [9.17, 15) is 0 Å². The summed E-state index contributed by atoms with van der Waals surface area (Å²) < 4.78 is 4.85. The highest BCUT2D eigenvalue weighted by Crippen LogP contribution is 2.28. The van der Waals surface area contributed by atoms with E-state index in [-0.39, 0.29) is 0 Å². The minimum atomic E-state index is 0.610. The molecule has 0 radical (unpaired) electrons. The molecule has 2 nitrogen and oxygen atoms in total. The molecule has 0 saturated heterocycles. The molecule has 0 atom stereocenters. The molecular weight excluding hydrogens is 209 g/mol. The van der Waals surface area contributed by atoms with E-state index in [1.54, 1.807) is 18.2 Å². The van der Waals surface area contributed by atoms with Crippen LogP contribution in [0.5, 0.6) is 0 Å². The van der Waals surface area contributed by atoms with E-state index in [1.807, 2.05) is 0 Å². The number of hydrogen-bond donors (Lipinski definition) is 0. The van der Waals surface area contributed by atoms with Gasteiger partial charge in [0, 0.05) is 10.6 Å². The maximum atomic E-state index is 5.95. The molecule has 0 aliphatic rings. The zero-order valence-electron chi connectivity index (χ0n) is 6.50. The third-order valence-electron chi connectivity index (χ3n) is 1.64. The highest BCUT2D eigenvalue weighted by Gasteiger charge is 2.06. The molecule has 0 bridgehead atoms. The van der Waals surface area contributed by atoms with E-state index in [1.165, 1.54) is 12.7 Å². The number of aromatic nitrogens is 1. The van der Waals surface area contributed by atoms with Gasteiger partial charge in [-0.05, 0) is 18.2 Å². The number of halogens is 2. The lowest BCUT2D eigenvalue weighted by Crippen LogP contribution is -1.78. The van der Waals surface area contributed by atoms with E-state index < -0.39 is 0 Å². The van der Waals surface area contributed by atoms with E-state index >= 15 is 0 Å². The molecule has 0 spiro atoms. The summed E-state index contributed by atoms with van der Waals surface area (Å²) in [5, 5.41) is 1.24. The molecule has 2 rings (SSSR count). The van der Waals surface area contributed by atoms with Gasteiger partial charge in [-0.15, -0.1) is 0 Å². The third-order valence-corrected chi connectivity index (χ3v) is 2.20. The van der Waals surface area contributed by atoms with E-state index in [4.69, 9.17) is 27.6 Å². The lowest BCUT2D eigenvalue weighted by atomic mass is 10.2. The quantitative estimate of drug-likeness (QED) is 0.723.